The maximum absolute atomic E-state index is 11.3. The second-order valence-electron chi connectivity index (χ2n) is 5.45. The molecule has 0 aliphatic rings. The van der Waals surface area contributed by atoms with Crippen molar-refractivity contribution in [3.63, 3.8) is 0 Å². The Labute approximate surface area is 149 Å². The Kier molecular flexibility index (Phi) is 5.72. The molecule has 0 aliphatic heterocycles. The van der Waals surface area contributed by atoms with Crippen LogP contribution >= 0.6 is 15.9 Å². The smallest absolute Gasteiger partial charge is 0.336 e. The summed E-state index contributed by atoms with van der Waals surface area (Å²) in [6.07, 6.45) is 0. The van der Waals surface area contributed by atoms with E-state index in [4.69, 9.17) is 9.47 Å². The molecule has 2 rings (SSSR count). The predicted octanol–water partition coefficient (Wildman–Crippen LogP) is 4.39. The number of nitrogens with one attached hydrogen (secondary N) is 1. The molecule has 128 valence electrons. The first-order chi connectivity index (χ1) is 11.4. The van der Waals surface area contributed by atoms with Gasteiger partial charge in [0.05, 0.1) is 24.3 Å². The fraction of sp³-hybridized carbons (Fsp3) is 0.278. The first-order valence-corrected chi connectivity index (χ1v) is 8.15. The van der Waals surface area contributed by atoms with E-state index in [2.05, 4.69) is 21.2 Å². The molecule has 2 aromatic carbocycles. The minimum Gasteiger partial charge on any atom is -0.493 e. The van der Waals surface area contributed by atoms with Crippen LogP contribution in [-0.4, -0.2) is 25.3 Å². The first-order valence-electron chi connectivity index (χ1n) is 7.36. The van der Waals surface area contributed by atoms with Crippen molar-refractivity contribution in [3.8, 4) is 11.5 Å². The summed E-state index contributed by atoms with van der Waals surface area (Å²) in [7, 11) is 3.17. The van der Waals surface area contributed by atoms with Crippen LogP contribution in [0.2, 0.25) is 0 Å². The fourth-order valence-corrected chi connectivity index (χ4v) is 3.20. The summed E-state index contributed by atoms with van der Waals surface area (Å²) < 4.78 is 11.4. The number of ether oxygens (including phenoxy) is 2. The van der Waals surface area contributed by atoms with Crippen molar-refractivity contribution < 1.29 is 19.4 Å². The number of methoxy groups -OCH3 is 2. The van der Waals surface area contributed by atoms with Gasteiger partial charge in [0.1, 0.15) is 0 Å². The van der Waals surface area contributed by atoms with E-state index >= 15 is 0 Å². The van der Waals surface area contributed by atoms with Crippen LogP contribution in [0.1, 0.15) is 27.0 Å². The molecule has 2 aromatic rings. The Morgan fingerprint density at radius 2 is 1.83 bits per heavy atom. The molecule has 5 nitrogen and oxygen atoms in total. The number of hydrogen-bond acceptors (Lipinski definition) is 4. The lowest BCUT2D eigenvalue weighted by molar-refractivity contribution is 0.0696. The van der Waals surface area contributed by atoms with Crippen molar-refractivity contribution in [2.75, 3.05) is 19.5 Å². The van der Waals surface area contributed by atoms with Crippen LogP contribution in [0.25, 0.3) is 0 Å². The number of aromatic carboxylic acids is 1. The van der Waals surface area contributed by atoms with E-state index in [0.717, 1.165) is 26.9 Å². The largest absolute Gasteiger partial charge is 0.493 e. The normalized spacial score (nSPS) is 10.4. The highest BCUT2D eigenvalue weighted by molar-refractivity contribution is 9.10. The summed E-state index contributed by atoms with van der Waals surface area (Å²) >= 11 is 3.47. The lowest BCUT2D eigenvalue weighted by atomic mass is 10.0. The van der Waals surface area contributed by atoms with Gasteiger partial charge in [-0.05, 0) is 64.7 Å². The van der Waals surface area contributed by atoms with Gasteiger partial charge in [0, 0.05) is 12.2 Å². The van der Waals surface area contributed by atoms with Gasteiger partial charge in [0.25, 0.3) is 0 Å². The van der Waals surface area contributed by atoms with E-state index in [1.165, 1.54) is 0 Å². The lowest BCUT2D eigenvalue weighted by Crippen LogP contribution is -2.06. The highest BCUT2D eigenvalue weighted by Gasteiger charge is 2.13. The molecule has 0 aliphatic carbocycles. The Hall–Kier alpha value is -2.21. The Balaban J connectivity index is 2.27. The summed E-state index contributed by atoms with van der Waals surface area (Å²) in [6, 6.07) is 7.37. The number of carboxylic acid groups (broad SMARTS) is 1. The Morgan fingerprint density at radius 1 is 1.12 bits per heavy atom. The summed E-state index contributed by atoms with van der Waals surface area (Å²) in [5.74, 6) is 0.348. The Morgan fingerprint density at radius 3 is 2.42 bits per heavy atom. The minimum atomic E-state index is -0.926. The molecule has 0 spiro atoms. The summed E-state index contributed by atoms with van der Waals surface area (Å²) in [4.78, 5) is 11.3. The standard InChI is InChI=1S/C18H20BrNO4/c1-10-5-11(2)15(8-13(10)18(21)22)20-9-12-6-14(19)17(24-4)16(7-12)23-3/h5-8,20H,9H2,1-4H3,(H,21,22). The van der Waals surface area contributed by atoms with E-state index in [1.54, 1.807) is 27.2 Å². The molecule has 0 atom stereocenters. The number of hydrogen-bond donors (Lipinski definition) is 2. The second kappa shape index (κ2) is 7.57. The first kappa shape index (κ1) is 18.1. The number of anilines is 1. The molecule has 24 heavy (non-hydrogen) atoms. The summed E-state index contributed by atoms with van der Waals surface area (Å²) in [5.41, 5.74) is 3.83. The molecule has 0 unspecified atom stereocenters. The van der Waals surface area contributed by atoms with Gasteiger partial charge in [-0.1, -0.05) is 6.07 Å². The third kappa shape index (κ3) is 3.82. The van der Waals surface area contributed by atoms with Crippen molar-refractivity contribution in [1.82, 2.24) is 0 Å². The molecule has 2 N–H and O–H groups in total. The summed E-state index contributed by atoms with van der Waals surface area (Å²) in [6.45, 7) is 4.28. The number of halogens is 1. The topological polar surface area (TPSA) is 67.8 Å². The van der Waals surface area contributed by atoms with Gasteiger partial charge >= 0.3 is 5.97 Å². The maximum Gasteiger partial charge on any atom is 0.336 e. The van der Waals surface area contributed by atoms with Gasteiger partial charge in [-0.25, -0.2) is 4.79 Å². The van der Waals surface area contributed by atoms with Crippen molar-refractivity contribution in [2.24, 2.45) is 0 Å². The molecule has 0 bridgehead atoms. The van der Waals surface area contributed by atoms with Crippen molar-refractivity contribution >= 4 is 27.6 Å². The highest BCUT2D eigenvalue weighted by atomic mass is 79.9. The average Bonchev–Trinajstić information content (AvgIpc) is 2.53. The van der Waals surface area contributed by atoms with E-state index in [1.807, 2.05) is 25.1 Å². The number of carboxylic acids is 1. The van der Waals surface area contributed by atoms with Gasteiger partial charge in [-0.15, -0.1) is 0 Å². The van der Waals surface area contributed by atoms with Gasteiger partial charge in [0.2, 0.25) is 0 Å². The van der Waals surface area contributed by atoms with Crippen LogP contribution in [0.3, 0.4) is 0 Å². The highest BCUT2D eigenvalue weighted by Crippen LogP contribution is 2.36. The molecule has 0 heterocycles. The lowest BCUT2D eigenvalue weighted by Gasteiger charge is -2.15. The fourth-order valence-electron chi connectivity index (χ4n) is 2.54. The van der Waals surface area contributed by atoms with E-state index in [9.17, 15) is 9.90 Å². The molecular formula is C18H20BrNO4. The van der Waals surface area contributed by atoms with Gasteiger partial charge < -0.3 is 19.9 Å². The van der Waals surface area contributed by atoms with Gasteiger partial charge in [0.15, 0.2) is 11.5 Å². The monoisotopic (exact) mass is 393 g/mol. The summed E-state index contributed by atoms with van der Waals surface area (Å²) in [5, 5.41) is 12.6. The zero-order valence-corrected chi connectivity index (χ0v) is 15.7. The number of rotatable bonds is 6. The molecular weight excluding hydrogens is 374 g/mol. The number of carbonyl (C=O) groups is 1. The zero-order chi connectivity index (χ0) is 17.9. The van der Waals surface area contributed by atoms with E-state index < -0.39 is 5.97 Å². The quantitative estimate of drug-likeness (QED) is 0.761. The molecule has 0 aromatic heterocycles. The van der Waals surface area contributed by atoms with E-state index in [-0.39, 0.29) is 0 Å². The van der Waals surface area contributed by atoms with Gasteiger partial charge in [-0.2, -0.15) is 0 Å². The van der Waals surface area contributed by atoms with Crippen LogP contribution in [0.15, 0.2) is 28.7 Å². The molecule has 0 fully saturated rings. The SMILES string of the molecule is COc1cc(CNc2cc(C(=O)O)c(C)cc2C)cc(Br)c1OC. The third-order valence-electron chi connectivity index (χ3n) is 3.78. The average molecular weight is 394 g/mol. The van der Waals surface area contributed by atoms with Crippen LogP contribution in [0.5, 0.6) is 11.5 Å². The maximum atomic E-state index is 11.3. The van der Waals surface area contributed by atoms with Gasteiger partial charge in [-0.3, -0.25) is 0 Å². The molecule has 6 heteroatoms. The second-order valence-corrected chi connectivity index (χ2v) is 6.31. The zero-order valence-electron chi connectivity index (χ0n) is 14.1. The van der Waals surface area contributed by atoms with Crippen LogP contribution < -0.4 is 14.8 Å². The molecule has 0 amide bonds. The van der Waals surface area contributed by atoms with E-state index in [0.29, 0.717) is 23.6 Å². The predicted molar refractivity (Wildman–Crippen MR) is 97.4 cm³/mol. The van der Waals surface area contributed by atoms with Crippen LogP contribution in [-0.2, 0) is 6.54 Å². The molecule has 0 radical (unpaired) electrons. The number of aryl methyl sites for hydroxylation is 2. The minimum absolute atomic E-state index is 0.302. The van der Waals surface area contributed by atoms with Crippen LogP contribution in [0.4, 0.5) is 5.69 Å². The van der Waals surface area contributed by atoms with Crippen molar-refractivity contribution in [3.05, 3.63) is 51.0 Å². The van der Waals surface area contributed by atoms with Crippen molar-refractivity contribution in [1.29, 1.82) is 0 Å². The molecule has 0 saturated carbocycles. The van der Waals surface area contributed by atoms with Crippen molar-refractivity contribution in [2.45, 2.75) is 20.4 Å². The third-order valence-corrected chi connectivity index (χ3v) is 4.37. The molecule has 0 saturated heterocycles. The number of benzene rings is 2. The van der Waals surface area contributed by atoms with Crippen LogP contribution in [0, 0.1) is 13.8 Å². The Bertz CT molecular complexity index is 774.